The number of carbonyl (C=O) groups excluding carboxylic acids is 2. The number of ether oxygens (including phenoxy) is 2. The minimum Gasteiger partial charge on any atom is -0.435 e. The molecule has 2 heterocycles. The maximum Gasteiger partial charge on any atom is 0.387 e. The van der Waals surface area contributed by atoms with Crippen LogP contribution in [0.5, 0.6) is 5.75 Å². The Morgan fingerprint density at radius 3 is 2.59 bits per heavy atom. The summed E-state index contributed by atoms with van der Waals surface area (Å²) in [5.74, 6) is -0.286. The van der Waals surface area contributed by atoms with Crippen molar-refractivity contribution < 1.29 is 27.8 Å². The summed E-state index contributed by atoms with van der Waals surface area (Å²) in [4.78, 5) is 29.1. The normalized spacial score (nSPS) is 26.7. The second-order valence-electron chi connectivity index (χ2n) is 10.1. The number of nitrogens with one attached hydrogen (secondary N) is 2. The molecule has 1 saturated heterocycles. The number of hydrogen-bond donors (Lipinski definition) is 2. The van der Waals surface area contributed by atoms with E-state index in [2.05, 4.69) is 27.5 Å². The first-order valence-corrected chi connectivity index (χ1v) is 13.0. The molecular formula is C28H33F2N3O4. The van der Waals surface area contributed by atoms with Gasteiger partial charge in [-0.15, -0.1) is 0 Å². The van der Waals surface area contributed by atoms with Gasteiger partial charge in [0.1, 0.15) is 5.75 Å². The molecule has 0 bridgehead atoms. The molecule has 2 aliphatic heterocycles. The Hall–Kier alpha value is -3.20. The molecule has 2 N–H and O–H groups in total. The smallest absolute Gasteiger partial charge is 0.387 e. The number of alkyl halides is 2. The van der Waals surface area contributed by atoms with E-state index >= 15 is 0 Å². The number of nitrogens with zero attached hydrogens (tertiary/aromatic N) is 1. The number of benzene rings is 2. The van der Waals surface area contributed by atoms with Gasteiger partial charge in [0.2, 0.25) is 5.91 Å². The minimum atomic E-state index is -2.92. The summed E-state index contributed by atoms with van der Waals surface area (Å²) < 4.78 is 34.7. The van der Waals surface area contributed by atoms with Gasteiger partial charge in [-0.1, -0.05) is 31.0 Å². The van der Waals surface area contributed by atoms with Gasteiger partial charge in [-0.25, -0.2) is 0 Å². The van der Waals surface area contributed by atoms with Gasteiger partial charge in [0.05, 0.1) is 24.6 Å². The molecule has 2 aromatic rings. The zero-order chi connectivity index (χ0) is 25.9. The van der Waals surface area contributed by atoms with Crippen molar-refractivity contribution >= 4 is 17.5 Å². The molecule has 0 unspecified atom stereocenters. The average molecular weight is 514 g/mol. The van der Waals surface area contributed by atoms with Crippen LogP contribution in [-0.2, 0) is 9.53 Å². The van der Waals surface area contributed by atoms with Crippen LogP contribution in [0.2, 0.25) is 0 Å². The van der Waals surface area contributed by atoms with Crippen LogP contribution in [0.3, 0.4) is 0 Å². The quantitative estimate of drug-likeness (QED) is 0.566. The van der Waals surface area contributed by atoms with E-state index in [0.29, 0.717) is 18.7 Å². The van der Waals surface area contributed by atoms with Crippen LogP contribution in [0.15, 0.2) is 48.5 Å². The lowest BCUT2D eigenvalue weighted by Gasteiger charge is -2.41. The zero-order valence-corrected chi connectivity index (χ0v) is 20.9. The van der Waals surface area contributed by atoms with Gasteiger partial charge in [-0.05, 0) is 55.2 Å². The number of carbonyl (C=O) groups is 2. The SMILES string of the molecule is COC[C@@H]1Nc2ccccc2[C@H]2[C@H]1CCN2C(=O)[C@H]1CCCC[C@H]1NC(=O)c1ccc(OC(F)F)cc1. The standard InChI is InChI=1S/C28H33F2N3O4/c1-36-16-24-20-14-15-33(25(20)19-6-2-4-8-22(19)31-24)27(35)21-7-3-5-9-23(21)32-26(34)17-10-12-18(13-11-17)37-28(29)30/h2,4,6,8,10-13,20-21,23-25,28,31H,3,5,7,9,14-16H2,1H3,(H,32,34)/t20-,21-,23+,24-,25-/m0/s1. The second-order valence-corrected chi connectivity index (χ2v) is 10.1. The summed E-state index contributed by atoms with van der Waals surface area (Å²) in [5.41, 5.74) is 2.51. The van der Waals surface area contributed by atoms with Gasteiger partial charge >= 0.3 is 6.61 Å². The van der Waals surface area contributed by atoms with Crippen molar-refractivity contribution in [1.82, 2.24) is 10.2 Å². The third-order valence-electron chi connectivity index (χ3n) is 7.95. The summed E-state index contributed by atoms with van der Waals surface area (Å²) in [7, 11) is 1.70. The third-order valence-corrected chi connectivity index (χ3v) is 7.95. The van der Waals surface area contributed by atoms with Crippen molar-refractivity contribution in [2.45, 2.75) is 56.8 Å². The molecule has 1 saturated carbocycles. The molecule has 5 atom stereocenters. The van der Waals surface area contributed by atoms with Crippen LogP contribution in [0, 0.1) is 11.8 Å². The Bertz CT molecular complexity index is 1110. The highest BCUT2D eigenvalue weighted by Crippen LogP contribution is 2.47. The molecule has 2 fully saturated rings. The molecule has 0 spiro atoms. The van der Waals surface area contributed by atoms with Crippen LogP contribution >= 0.6 is 0 Å². The molecule has 1 aliphatic carbocycles. The molecule has 0 radical (unpaired) electrons. The van der Waals surface area contributed by atoms with Gasteiger partial charge < -0.3 is 25.0 Å². The number of likely N-dealkylation sites (tertiary alicyclic amines) is 1. The molecule has 2 aromatic carbocycles. The number of methoxy groups -OCH3 is 1. The fraction of sp³-hybridized carbons (Fsp3) is 0.500. The van der Waals surface area contributed by atoms with Gasteiger partial charge in [-0.2, -0.15) is 8.78 Å². The molecule has 7 nitrogen and oxygen atoms in total. The Kier molecular flexibility index (Phi) is 7.60. The van der Waals surface area contributed by atoms with Gasteiger partial charge in [-0.3, -0.25) is 9.59 Å². The first-order valence-electron chi connectivity index (χ1n) is 13.0. The lowest BCUT2D eigenvalue weighted by molar-refractivity contribution is -0.139. The molecule has 2 amide bonds. The molecule has 0 aromatic heterocycles. The van der Waals surface area contributed by atoms with E-state index < -0.39 is 6.61 Å². The maximum absolute atomic E-state index is 14.0. The topological polar surface area (TPSA) is 79.9 Å². The van der Waals surface area contributed by atoms with Crippen molar-refractivity contribution in [3.8, 4) is 5.75 Å². The molecule has 37 heavy (non-hydrogen) atoms. The van der Waals surface area contributed by atoms with Crippen molar-refractivity contribution in [2.75, 3.05) is 25.6 Å². The van der Waals surface area contributed by atoms with E-state index in [4.69, 9.17) is 4.74 Å². The first kappa shape index (κ1) is 25.4. The van der Waals surface area contributed by atoms with E-state index in [9.17, 15) is 18.4 Å². The molecule has 198 valence electrons. The zero-order valence-electron chi connectivity index (χ0n) is 20.9. The maximum atomic E-state index is 14.0. The lowest BCUT2D eigenvalue weighted by atomic mass is 9.81. The molecule has 9 heteroatoms. The number of para-hydroxylation sites is 1. The number of anilines is 1. The number of amides is 2. The van der Waals surface area contributed by atoms with Crippen LogP contribution < -0.4 is 15.4 Å². The number of rotatable bonds is 7. The van der Waals surface area contributed by atoms with Crippen LogP contribution in [-0.4, -0.2) is 55.7 Å². The highest BCUT2D eigenvalue weighted by Gasteiger charge is 2.48. The van der Waals surface area contributed by atoms with Crippen LogP contribution in [0.4, 0.5) is 14.5 Å². The molecule has 5 rings (SSSR count). The Balaban J connectivity index is 1.33. The fourth-order valence-corrected chi connectivity index (χ4v) is 6.27. The van der Waals surface area contributed by atoms with E-state index in [1.807, 2.05) is 17.0 Å². The number of fused-ring (bicyclic) bond motifs is 3. The van der Waals surface area contributed by atoms with Crippen molar-refractivity contribution in [1.29, 1.82) is 0 Å². The summed E-state index contributed by atoms with van der Waals surface area (Å²) in [6, 6.07) is 13.6. The first-order chi connectivity index (χ1) is 18.0. The van der Waals surface area contributed by atoms with Crippen LogP contribution in [0.1, 0.15) is 54.1 Å². The Morgan fingerprint density at radius 2 is 1.84 bits per heavy atom. The molecule has 3 aliphatic rings. The summed E-state index contributed by atoms with van der Waals surface area (Å²) in [5, 5.41) is 6.67. The predicted molar refractivity (Wildman–Crippen MR) is 135 cm³/mol. The predicted octanol–water partition coefficient (Wildman–Crippen LogP) is 4.61. The summed E-state index contributed by atoms with van der Waals surface area (Å²) in [6.45, 7) is -1.68. The monoisotopic (exact) mass is 513 g/mol. The largest absolute Gasteiger partial charge is 0.435 e. The summed E-state index contributed by atoms with van der Waals surface area (Å²) in [6.07, 6.45) is 4.21. The van der Waals surface area contributed by atoms with Gasteiger partial charge in [0.15, 0.2) is 0 Å². The van der Waals surface area contributed by atoms with E-state index in [0.717, 1.165) is 43.4 Å². The van der Waals surface area contributed by atoms with Gasteiger partial charge in [0, 0.05) is 36.9 Å². The molecular weight excluding hydrogens is 480 g/mol. The van der Waals surface area contributed by atoms with Gasteiger partial charge in [0.25, 0.3) is 5.91 Å². The minimum absolute atomic E-state index is 0.00473. The highest BCUT2D eigenvalue weighted by molar-refractivity contribution is 5.95. The van der Waals surface area contributed by atoms with Crippen molar-refractivity contribution in [3.63, 3.8) is 0 Å². The fourth-order valence-electron chi connectivity index (χ4n) is 6.27. The lowest BCUT2D eigenvalue weighted by Crippen LogP contribution is -2.50. The Morgan fingerprint density at radius 1 is 1.08 bits per heavy atom. The van der Waals surface area contributed by atoms with Crippen molar-refractivity contribution in [2.24, 2.45) is 11.8 Å². The Labute approximate surface area is 215 Å². The third kappa shape index (κ3) is 5.28. The van der Waals surface area contributed by atoms with Crippen LogP contribution in [0.25, 0.3) is 0 Å². The van der Waals surface area contributed by atoms with E-state index in [1.165, 1.54) is 24.3 Å². The van der Waals surface area contributed by atoms with E-state index in [-0.39, 0.29) is 47.5 Å². The average Bonchev–Trinajstić information content (AvgIpc) is 3.35. The number of hydrogen-bond acceptors (Lipinski definition) is 5. The second kappa shape index (κ2) is 11.0. The number of halogens is 2. The van der Waals surface area contributed by atoms with E-state index in [1.54, 1.807) is 7.11 Å². The van der Waals surface area contributed by atoms with Crippen molar-refractivity contribution in [3.05, 3.63) is 59.7 Å². The highest BCUT2D eigenvalue weighted by atomic mass is 19.3. The summed E-state index contributed by atoms with van der Waals surface area (Å²) >= 11 is 0.